The molecule has 15 heavy (non-hydrogen) atoms. The van der Waals surface area contributed by atoms with E-state index in [2.05, 4.69) is 10.6 Å². The van der Waals surface area contributed by atoms with Crippen LogP contribution in [-0.4, -0.2) is 38.8 Å². The van der Waals surface area contributed by atoms with Crippen LogP contribution in [0.3, 0.4) is 0 Å². The molecule has 1 heterocycles. The second-order valence-electron chi connectivity index (χ2n) is 4.05. The van der Waals surface area contributed by atoms with Gasteiger partial charge in [0.15, 0.2) is 0 Å². The smallest absolute Gasteiger partial charge is 0.221 e. The molecule has 4 nitrogen and oxygen atoms in total. The van der Waals surface area contributed by atoms with Gasteiger partial charge in [0.25, 0.3) is 0 Å². The lowest BCUT2D eigenvalue weighted by molar-refractivity contribution is -0.121. The van der Waals surface area contributed by atoms with Crippen LogP contribution in [0, 0.1) is 0 Å². The molecule has 1 rings (SSSR count). The molecule has 0 aromatic carbocycles. The Bertz CT molecular complexity index is 185. The van der Waals surface area contributed by atoms with Gasteiger partial charge in [0.05, 0.1) is 0 Å². The van der Waals surface area contributed by atoms with Crippen molar-refractivity contribution in [2.45, 2.75) is 38.1 Å². The predicted molar refractivity (Wildman–Crippen MR) is 59.8 cm³/mol. The molecule has 1 unspecified atom stereocenters. The molecule has 1 saturated heterocycles. The van der Waals surface area contributed by atoms with Crippen LogP contribution in [-0.2, 0) is 9.53 Å². The van der Waals surface area contributed by atoms with E-state index >= 15 is 0 Å². The summed E-state index contributed by atoms with van der Waals surface area (Å²) in [7, 11) is 1.73. The fourth-order valence-electron chi connectivity index (χ4n) is 1.83. The molecule has 0 aliphatic carbocycles. The minimum Gasteiger partial charge on any atom is -0.385 e. The molecule has 0 spiro atoms. The maximum Gasteiger partial charge on any atom is 0.221 e. The van der Waals surface area contributed by atoms with Gasteiger partial charge in [-0.3, -0.25) is 4.79 Å². The van der Waals surface area contributed by atoms with Crippen LogP contribution in [0.2, 0.25) is 0 Å². The van der Waals surface area contributed by atoms with Crippen LogP contribution < -0.4 is 10.6 Å². The number of nitrogens with one attached hydrogen (secondary N) is 2. The Morgan fingerprint density at radius 3 is 3.20 bits per heavy atom. The lowest BCUT2D eigenvalue weighted by Crippen LogP contribution is -2.33. The topological polar surface area (TPSA) is 50.4 Å². The lowest BCUT2D eigenvalue weighted by atomic mass is 10.1. The van der Waals surface area contributed by atoms with Crippen molar-refractivity contribution in [3.05, 3.63) is 0 Å². The summed E-state index contributed by atoms with van der Waals surface area (Å²) in [5.74, 6) is 0.182. The predicted octanol–water partition coefficient (Wildman–Crippen LogP) is 0.671. The molecular formula is C11H22N2O2. The molecule has 0 bridgehead atoms. The normalized spacial score (nSPS) is 22.2. The van der Waals surface area contributed by atoms with Crippen molar-refractivity contribution in [1.82, 2.24) is 10.6 Å². The standard InChI is InChI=1S/C11H22N2O2/c1-15-8-3-2-6-12-10-5-4-7-13-11(14)9-10/h10,12H,2-9H2,1H3,(H,13,14). The summed E-state index contributed by atoms with van der Waals surface area (Å²) < 4.78 is 4.98. The molecule has 1 fully saturated rings. The SMILES string of the molecule is COCCCCNC1CCCNC(=O)C1. The zero-order valence-corrected chi connectivity index (χ0v) is 9.55. The Balaban J connectivity index is 2.06. The van der Waals surface area contributed by atoms with E-state index in [0.717, 1.165) is 45.4 Å². The molecule has 0 saturated carbocycles. The van der Waals surface area contributed by atoms with Crippen molar-refractivity contribution >= 4 is 5.91 Å². The number of amides is 1. The first-order chi connectivity index (χ1) is 7.33. The third-order valence-electron chi connectivity index (χ3n) is 2.69. The van der Waals surface area contributed by atoms with Gasteiger partial charge >= 0.3 is 0 Å². The summed E-state index contributed by atoms with van der Waals surface area (Å²) in [4.78, 5) is 11.3. The van der Waals surface area contributed by atoms with E-state index in [1.165, 1.54) is 0 Å². The van der Waals surface area contributed by atoms with Crippen LogP contribution in [0.5, 0.6) is 0 Å². The Labute approximate surface area is 91.8 Å². The quantitative estimate of drug-likeness (QED) is 0.639. The summed E-state index contributed by atoms with van der Waals surface area (Å²) in [6.45, 7) is 2.65. The number of unbranched alkanes of at least 4 members (excludes halogenated alkanes) is 1. The maximum atomic E-state index is 11.3. The molecular weight excluding hydrogens is 192 g/mol. The van der Waals surface area contributed by atoms with Gasteiger partial charge in [-0.1, -0.05) is 0 Å². The van der Waals surface area contributed by atoms with Crippen molar-refractivity contribution in [3.8, 4) is 0 Å². The van der Waals surface area contributed by atoms with Gasteiger partial charge in [0, 0.05) is 32.7 Å². The summed E-state index contributed by atoms with van der Waals surface area (Å²) >= 11 is 0. The minimum absolute atomic E-state index is 0.182. The third kappa shape index (κ3) is 5.74. The highest BCUT2D eigenvalue weighted by Crippen LogP contribution is 2.05. The van der Waals surface area contributed by atoms with Gasteiger partial charge in [-0.2, -0.15) is 0 Å². The number of hydrogen-bond donors (Lipinski definition) is 2. The van der Waals surface area contributed by atoms with E-state index in [-0.39, 0.29) is 5.91 Å². The molecule has 0 aromatic rings. The second kappa shape index (κ2) is 7.65. The van der Waals surface area contributed by atoms with Gasteiger partial charge < -0.3 is 15.4 Å². The highest BCUT2D eigenvalue weighted by atomic mass is 16.5. The number of hydrogen-bond acceptors (Lipinski definition) is 3. The largest absolute Gasteiger partial charge is 0.385 e. The zero-order valence-electron chi connectivity index (χ0n) is 9.55. The minimum atomic E-state index is 0.182. The fraction of sp³-hybridized carbons (Fsp3) is 0.909. The van der Waals surface area contributed by atoms with Crippen molar-refractivity contribution in [3.63, 3.8) is 0 Å². The van der Waals surface area contributed by atoms with Crippen LogP contribution in [0.25, 0.3) is 0 Å². The van der Waals surface area contributed by atoms with Gasteiger partial charge in [-0.15, -0.1) is 0 Å². The molecule has 1 aliphatic rings. The van der Waals surface area contributed by atoms with E-state index in [1.807, 2.05) is 0 Å². The number of methoxy groups -OCH3 is 1. The van der Waals surface area contributed by atoms with E-state index in [0.29, 0.717) is 12.5 Å². The first-order valence-corrected chi connectivity index (χ1v) is 5.82. The Morgan fingerprint density at radius 2 is 2.40 bits per heavy atom. The molecule has 2 N–H and O–H groups in total. The van der Waals surface area contributed by atoms with Gasteiger partial charge in [0.2, 0.25) is 5.91 Å². The van der Waals surface area contributed by atoms with Crippen molar-refractivity contribution in [2.75, 3.05) is 26.8 Å². The first-order valence-electron chi connectivity index (χ1n) is 5.82. The number of carbonyl (C=O) groups is 1. The third-order valence-corrected chi connectivity index (χ3v) is 2.69. The maximum absolute atomic E-state index is 11.3. The van der Waals surface area contributed by atoms with E-state index < -0.39 is 0 Å². The number of carbonyl (C=O) groups excluding carboxylic acids is 1. The summed E-state index contributed by atoms with van der Waals surface area (Å²) in [5.41, 5.74) is 0. The Hall–Kier alpha value is -0.610. The van der Waals surface area contributed by atoms with E-state index in [4.69, 9.17) is 4.74 Å². The molecule has 4 heteroatoms. The highest BCUT2D eigenvalue weighted by Gasteiger charge is 2.15. The van der Waals surface area contributed by atoms with Crippen LogP contribution in [0.15, 0.2) is 0 Å². The zero-order chi connectivity index (χ0) is 10.9. The van der Waals surface area contributed by atoms with E-state index in [9.17, 15) is 4.79 Å². The Kier molecular flexibility index (Phi) is 6.36. The van der Waals surface area contributed by atoms with Gasteiger partial charge in [0.1, 0.15) is 0 Å². The molecule has 0 aromatic heterocycles. The van der Waals surface area contributed by atoms with Crippen molar-refractivity contribution in [1.29, 1.82) is 0 Å². The highest BCUT2D eigenvalue weighted by molar-refractivity contribution is 5.76. The summed E-state index contributed by atoms with van der Waals surface area (Å²) in [6.07, 6.45) is 5.02. The van der Waals surface area contributed by atoms with Crippen molar-refractivity contribution in [2.24, 2.45) is 0 Å². The van der Waals surface area contributed by atoms with Gasteiger partial charge in [-0.25, -0.2) is 0 Å². The second-order valence-corrected chi connectivity index (χ2v) is 4.05. The van der Waals surface area contributed by atoms with Crippen LogP contribution in [0.4, 0.5) is 0 Å². The molecule has 0 radical (unpaired) electrons. The number of rotatable bonds is 6. The summed E-state index contributed by atoms with van der Waals surface area (Å²) in [5, 5.41) is 6.32. The van der Waals surface area contributed by atoms with Crippen LogP contribution >= 0.6 is 0 Å². The van der Waals surface area contributed by atoms with Crippen LogP contribution in [0.1, 0.15) is 32.1 Å². The molecule has 1 amide bonds. The average Bonchev–Trinajstić information content (AvgIpc) is 2.43. The molecule has 1 atom stereocenters. The fourth-order valence-corrected chi connectivity index (χ4v) is 1.83. The lowest BCUT2D eigenvalue weighted by Gasteiger charge is -2.14. The van der Waals surface area contributed by atoms with Crippen molar-refractivity contribution < 1.29 is 9.53 Å². The van der Waals surface area contributed by atoms with E-state index in [1.54, 1.807) is 7.11 Å². The molecule has 88 valence electrons. The average molecular weight is 214 g/mol. The Morgan fingerprint density at radius 1 is 1.53 bits per heavy atom. The monoisotopic (exact) mass is 214 g/mol. The molecule has 1 aliphatic heterocycles. The number of ether oxygens (including phenoxy) is 1. The first kappa shape index (κ1) is 12.5. The summed E-state index contributed by atoms with van der Waals surface area (Å²) in [6, 6.07) is 0.370. The van der Waals surface area contributed by atoms with Gasteiger partial charge in [-0.05, 0) is 32.2 Å².